The Morgan fingerprint density at radius 1 is 1.04 bits per heavy atom. The molecule has 3 rings (SSSR count). The lowest BCUT2D eigenvalue weighted by molar-refractivity contribution is -0.123. The Labute approximate surface area is 147 Å². The molecule has 7 nitrogen and oxygen atoms in total. The van der Waals surface area contributed by atoms with E-state index in [9.17, 15) is 9.59 Å². The van der Waals surface area contributed by atoms with E-state index >= 15 is 0 Å². The molecule has 0 aliphatic heterocycles. The first-order valence-electron chi connectivity index (χ1n) is 7.33. The van der Waals surface area contributed by atoms with Crippen LogP contribution in [0.1, 0.15) is 0 Å². The van der Waals surface area contributed by atoms with Gasteiger partial charge in [0.1, 0.15) is 11.3 Å². The number of benzene rings is 2. The largest absolute Gasteiger partial charge is 0.484 e. The Bertz CT molecular complexity index is 859. The summed E-state index contributed by atoms with van der Waals surface area (Å²) < 4.78 is 10.7. The zero-order chi connectivity index (χ0) is 17.6. The summed E-state index contributed by atoms with van der Waals surface area (Å²) in [5.41, 5.74) is 5.09. The molecule has 25 heavy (non-hydrogen) atoms. The highest BCUT2D eigenvalue weighted by atomic mass is 35.5. The Kier molecular flexibility index (Phi) is 5.06. The molecule has 0 aliphatic carbocycles. The van der Waals surface area contributed by atoms with Crippen molar-refractivity contribution >= 4 is 40.4 Å². The second-order valence-corrected chi connectivity index (χ2v) is 5.45. The van der Waals surface area contributed by atoms with E-state index < -0.39 is 11.9 Å². The van der Waals surface area contributed by atoms with Gasteiger partial charge in [0.05, 0.1) is 0 Å². The smallest absolute Gasteiger partial charge is 0.340 e. The number of urea groups is 1. The molecule has 0 fully saturated rings. The fourth-order valence-corrected chi connectivity index (χ4v) is 2.15. The Balaban J connectivity index is 1.43. The van der Waals surface area contributed by atoms with Crippen molar-refractivity contribution in [3.05, 3.63) is 59.6 Å². The van der Waals surface area contributed by atoms with E-state index in [0.29, 0.717) is 16.4 Å². The highest BCUT2D eigenvalue weighted by Gasteiger charge is 2.09. The highest BCUT2D eigenvalue weighted by Crippen LogP contribution is 2.22. The molecule has 3 amide bonds. The summed E-state index contributed by atoms with van der Waals surface area (Å²) in [5.74, 6) is 0.242. The molecule has 128 valence electrons. The number of anilines is 1. The van der Waals surface area contributed by atoms with Crippen molar-refractivity contribution in [2.75, 3.05) is 11.9 Å². The van der Waals surface area contributed by atoms with Crippen molar-refractivity contribution in [3.8, 4) is 5.75 Å². The molecule has 0 spiro atoms. The van der Waals surface area contributed by atoms with E-state index in [-0.39, 0.29) is 12.5 Å². The van der Waals surface area contributed by atoms with Gasteiger partial charge in [0, 0.05) is 16.5 Å². The molecule has 0 saturated heterocycles. The number of amides is 3. The van der Waals surface area contributed by atoms with E-state index in [0.717, 1.165) is 5.39 Å². The summed E-state index contributed by atoms with van der Waals surface area (Å²) in [4.78, 5) is 23.4. The third kappa shape index (κ3) is 4.65. The molecular weight excluding hydrogens is 346 g/mol. The van der Waals surface area contributed by atoms with Crippen LogP contribution in [0.2, 0.25) is 5.02 Å². The van der Waals surface area contributed by atoms with Crippen LogP contribution in [0.4, 0.5) is 10.7 Å². The van der Waals surface area contributed by atoms with Crippen LogP contribution in [-0.2, 0) is 4.79 Å². The molecule has 3 aromatic rings. The Morgan fingerprint density at radius 3 is 2.56 bits per heavy atom. The van der Waals surface area contributed by atoms with Crippen LogP contribution >= 0.6 is 11.6 Å². The van der Waals surface area contributed by atoms with Gasteiger partial charge in [-0.2, -0.15) is 0 Å². The molecular formula is C17H14ClN3O4. The van der Waals surface area contributed by atoms with Gasteiger partial charge in [-0.25, -0.2) is 10.2 Å². The normalized spacial score (nSPS) is 10.3. The quantitative estimate of drug-likeness (QED) is 0.623. The van der Waals surface area contributed by atoms with Crippen LogP contribution in [0.15, 0.2) is 59.0 Å². The first-order chi connectivity index (χ1) is 12.1. The number of hydrogen-bond acceptors (Lipinski definition) is 4. The number of hydrazine groups is 1. The van der Waals surface area contributed by atoms with Crippen molar-refractivity contribution < 1.29 is 18.7 Å². The van der Waals surface area contributed by atoms with Gasteiger partial charge in [0.15, 0.2) is 6.61 Å². The molecule has 0 bridgehead atoms. The maximum Gasteiger partial charge on any atom is 0.340 e. The molecule has 0 aliphatic rings. The zero-order valence-corrected chi connectivity index (χ0v) is 13.7. The van der Waals surface area contributed by atoms with Gasteiger partial charge in [-0.3, -0.25) is 15.5 Å². The van der Waals surface area contributed by atoms with Gasteiger partial charge in [-0.1, -0.05) is 29.8 Å². The third-order valence-electron chi connectivity index (χ3n) is 3.16. The lowest BCUT2D eigenvalue weighted by Crippen LogP contribution is -2.45. The summed E-state index contributed by atoms with van der Waals surface area (Å²) in [6.45, 7) is -0.257. The number of carbonyl (C=O) groups is 2. The lowest BCUT2D eigenvalue weighted by atomic mass is 10.3. The number of ether oxygens (including phenoxy) is 1. The van der Waals surface area contributed by atoms with Crippen LogP contribution in [0.3, 0.4) is 0 Å². The molecule has 3 N–H and O–H groups in total. The average molecular weight is 360 g/mol. The Morgan fingerprint density at radius 2 is 1.80 bits per heavy atom. The van der Waals surface area contributed by atoms with Crippen LogP contribution in [-0.4, -0.2) is 18.5 Å². The van der Waals surface area contributed by atoms with Crippen molar-refractivity contribution in [2.24, 2.45) is 0 Å². The van der Waals surface area contributed by atoms with Gasteiger partial charge in [0.25, 0.3) is 5.91 Å². The summed E-state index contributed by atoms with van der Waals surface area (Å²) in [6, 6.07) is 14.9. The maximum atomic E-state index is 11.8. The number of nitrogens with one attached hydrogen (secondary N) is 3. The molecule has 0 atom stereocenters. The van der Waals surface area contributed by atoms with Crippen LogP contribution in [0.5, 0.6) is 5.75 Å². The first-order valence-corrected chi connectivity index (χ1v) is 7.71. The minimum Gasteiger partial charge on any atom is -0.484 e. The number of halogens is 1. The Hall–Kier alpha value is -3.19. The second kappa shape index (κ2) is 7.59. The molecule has 1 aromatic heterocycles. The summed E-state index contributed by atoms with van der Waals surface area (Å²) in [6.07, 6.45) is 0. The van der Waals surface area contributed by atoms with E-state index in [2.05, 4.69) is 16.2 Å². The van der Waals surface area contributed by atoms with E-state index in [1.165, 1.54) is 0 Å². The van der Waals surface area contributed by atoms with Gasteiger partial charge in [-0.15, -0.1) is 0 Å². The van der Waals surface area contributed by atoms with E-state index in [1.807, 2.05) is 18.2 Å². The van der Waals surface area contributed by atoms with E-state index in [4.69, 9.17) is 20.8 Å². The van der Waals surface area contributed by atoms with Crippen molar-refractivity contribution in [2.45, 2.75) is 0 Å². The molecule has 0 radical (unpaired) electrons. The highest BCUT2D eigenvalue weighted by molar-refractivity contribution is 6.30. The number of hydrogen-bond donors (Lipinski definition) is 3. The zero-order valence-electron chi connectivity index (χ0n) is 12.9. The standard InChI is InChI=1S/C17H14ClN3O4/c18-12-5-7-13(8-6-12)24-10-15(22)20-21-17(23)19-16-9-11-3-1-2-4-14(11)25-16/h1-9H,10H2,(H,20,22)(H2,19,21,23). The van der Waals surface area contributed by atoms with Crippen molar-refractivity contribution in [1.29, 1.82) is 0 Å². The van der Waals surface area contributed by atoms with Gasteiger partial charge < -0.3 is 9.15 Å². The van der Waals surface area contributed by atoms with Crippen LogP contribution in [0, 0.1) is 0 Å². The topological polar surface area (TPSA) is 92.6 Å². The SMILES string of the molecule is O=C(COc1ccc(Cl)cc1)NNC(=O)Nc1cc2ccccc2o1. The average Bonchev–Trinajstić information content (AvgIpc) is 3.01. The number of rotatable bonds is 4. The third-order valence-corrected chi connectivity index (χ3v) is 3.41. The van der Waals surface area contributed by atoms with Crippen LogP contribution < -0.4 is 20.9 Å². The minimum atomic E-state index is -0.640. The monoisotopic (exact) mass is 359 g/mol. The van der Waals surface area contributed by atoms with E-state index in [1.54, 1.807) is 36.4 Å². The molecule has 0 saturated carbocycles. The number of para-hydroxylation sites is 1. The summed E-state index contributed by atoms with van der Waals surface area (Å²) in [7, 11) is 0. The minimum absolute atomic E-state index is 0.257. The number of carbonyl (C=O) groups excluding carboxylic acids is 2. The molecule has 1 heterocycles. The maximum absolute atomic E-state index is 11.8. The lowest BCUT2D eigenvalue weighted by Gasteiger charge is -2.08. The van der Waals surface area contributed by atoms with Gasteiger partial charge in [-0.05, 0) is 30.3 Å². The van der Waals surface area contributed by atoms with Crippen LogP contribution in [0.25, 0.3) is 11.0 Å². The number of furan rings is 1. The summed E-state index contributed by atoms with van der Waals surface area (Å²) >= 11 is 5.75. The fourth-order valence-electron chi connectivity index (χ4n) is 2.03. The second-order valence-electron chi connectivity index (χ2n) is 5.02. The molecule has 0 unspecified atom stereocenters. The van der Waals surface area contributed by atoms with Crippen molar-refractivity contribution in [1.82, 2.24) is 10.9 Å². The van der Waals surface area contributed by atoms with Crippen molar-refractivity contribution in [3.63, 3.8) is 0 Å². The predicted octanol–water partition coefficient (Wildman–Crippen LogP) is 3.32. The fraction of sp³-hybridized carbons (Fsp3) is 0.0588. The van der Waals surface area contributed by atoms with Gasteiger partial charge >= 0.3 is 6.03 Å². The first kappa shape index (κ1) is 16.7. The predicted molar refractivity (Wildman–Crippen MR) is 93.5 cm³/mol. The molecule has 8 heteroatoms. The summed E-state index contributed by atoms with van der Waals surface area (Å²) in [5, 5.41) is 3.91. The number of fused-ring (bicyclic) bond motifs is 1. The molecule has 2 aromatic carbocycles. The van der Waals surface area contributed by atoms with Gasteiger partial charge in [0.2, 0.25) is 5.88 Å².